The first-order valence-corrected chi connectivity index (χ1v) is 8.93. The first kappa shape index (κ1) is 17.9. The van der Waals surface area contributed by atoms with Gasteiger partial charge in [0.15, 0.2) is 0 Å². The summed E-state index contributed by atoms with van der Waals surface area (Å²) in [4.78, 5) is 37.2. The van der Waals surface area contributed by atoms with Crippen molar-refractivity contribution in [2.75, 3.05) is 31.1 Å². The van der Waals surface area contributed by atoms with Gasteiger partial charge in [-0.25, -0.2) is 4.79 Å². The van der Waals surface area contributed by atoms with Gasteiger partial charge in [0.1, 0.15) is 22.9 Å². The van der Waals surface area contributed by atoms with E-state index >= 15 is 0 Å². The van der Waals surface area contributed by atoms with Crippen LogP contribution in [0.3, 0.4) is 0 Å². The summed E-state index contributed by atoms with van der Waals surface area (Å²) in [6.07, 6.45) is 2.85. The third-order valence-electron chi connectivity index (χ3n) is 5.18. The molecule has 2 aromatic rings. The number of carboxylic acids is 1. The quantitative estimate of drug-likeness (QED) is 0.593. The molecule has 1 aliphatic heterocycles. The lowest BCUT2D eigenvalue weighted by molar-refractivity contribution is -0.384. The number of aromatic carboxylic acids is 1. The molecule has 1 aromatic carbocycles. The second-order valence-corrected chi connectivity index (χ2v) is 6.94. The molecule has 2 fully saturated rings. The molecule has 0 unspecified atom stereocenters. The number of nitrogens with one attached hydrogen (secondary N) is 1. The van der Waals surface area contributed by atoms with E-state index in [9.17, 15) is 30.1 Å². The first-order valence-electron chi connectivity index (χ1n) is 8.93. The van der Waals surface area contributed by atoms with Gasteiger partial charge in [-0.15, -0.1) is 0 Å². The minimum absolute atomic E-state index is 0.0226. The van der Waals surface area contributed by atoms with E-state index in [2.05, 4.69) is 11.4 Å². The molecular formula is C18H17N5O5. The lowest BCUT2D eigenvalue weighted by Gasteiger charge is -2.30. The fourth-order valence-electron chi connectivity index (χ4n) is 3.74. The summed E-state index contributed by atoms with van der Waals surface area (Å²) in [5.74, 6) is -1.39. The number of piperazine rings is 1. The van der Waals surface area contributed by atoms with Crippen molar-refractivity contribution in [2.24, 2.45) is 0 Å². The Morgan fingerprint density at radius 2 is 2.04 bits per heavy atom. The second kappa shape index (κ2) is 6.61. The highest BCUT2D eigenvalue weighted by atomic mass is 16.6. The number of hydrogen-bond donors (Lipinski definition) is 2. The number of rotatable bonds is 4. The average molecular weight is 383 g/mol. The molecule has 4 rings (SSSR count). The normalized spacial score (nSPS) is 16.8. The molecule has 2 aliphatic rings. The van der Waals surface area contributed by atoms with Crippen LogP contribution in [0.2, 0.25) is 0 Å². The molecular weight excluding hydrogens is 366 g/mol. The molecule has 10 nitrogen and oxygen atoms in total. The number of nitro benzene ring substituents is 1. The van der Waals surface area contributed by atoms with E-state index in [0.29, 0.717) is 26.2 Å². The van der Waals surface area contributed by atoms with Gasteiger partial charge < -0.3 is 19.9 Å². The number of nitro groups is 1. The van der Waals surface area contributed by atoms with E-state index in [0.717, 1.165) is 18.9 Å². The van der Waals surface area contributed by atoms with E-state index in [1.807, 2.05) is 0 Å². The van der Waals surface area contributed by atoms with Gasteiger partial charge in [-0.2, -0.15) is 5.26 Å². The Hall–Kier alpha value is -3.45. The zero-order valence-electron chi connectivity index (χ0n) is 14.8. The van der Waals surface area contributed by atoms with Crippen LogP contribution in [-0.4, -0.2) is 46.7 Å². The van der Waals surface area contributed by atoms with Gasteiger partial charge in [-0.3, -0.25) is 14.9 Å². The highest BCUT2D eigenvalue weighted by Crippen LogP contribution is 2.42. The molecule has 0 bridgehead atoms. The van der Waals surface area contributed by atoms with Gasteiger partial charge in [-0.05, 0) is 12.8 Å². The SMILES string of the molecule is N#Cc1c(N2CCNCC2)c([N+](=O)[O-])cc2c(=O)c(C(=O)O)cn(C3CC3)c12. The lowest BCUT2D eigenvalue weighted by atomic mass is 10.0. The predicted molar refractivity (Wildman–Crippen MR) is 99.9 cm³/mol. The number of pyridine rings is 1. The van der Waals surface area contributed by atoms with Gasteiger partial charge in [-0.1, -0.05) is 0 Å². The molecule has 144 valence electrons. The molecule has 0 atom stereocenters. The fraction of sp³-hybridized carbons (Fsp3) is 0.389. The maximum Gasteiger partial charge on any atom is 0.341 e. The minimum atomic E-state index is -1.39. The number of aromatic nitrogens is 1. The Morgan fingerprint density at radius 3 is 2.57 bits per heavy atom. The fourth-order valence-corrected chi connectivity index (χ4v) is 3.74. The van der Waals surface area contributed by atoms with Crippen LogP contribution in [0.15, 0.2) is 17.1 Å². The highest BCUT2D eigenvalue weighted by molar-refractivity contribution is 5.99. The molecule has 2 N–H and O–H groups in total. The monoisotopic (exact) mass is 383 g/mol. The zero-order valence-corrected chi connectivity index (χ0v) is 14.8. The van der Waals surface area contributed by atoms with Gasteiger partial charge in [0.25, 0.3) is 5.69 Å². The Bertz CT molecular complexity index is 1110. The smallest absolute Gasteiger partial charge is 0.341 e. The van der Waals surface area contributed by atoms with Crippen LogP contribution in [0, 0.1) is 21.4 Å². The van der Waals surface area contributed by atoms with Crippen LogP contribution in [0.1, 0.15) is 34.8 Å². The number of benzene rings is 1. The van der Waals surface area contributed by atoms with Crippen LogP contribution < -0.4 is 15.6 Å². The van der Waals surface area contributed by atoms with Gasteiger partial charge in [0.2, 0.25) is 5.43 Å². The summed E-state index contributed by atoms with van der Waals surface area (Å²) >= 11 is 0. The van der Waals surface area contributed by atoms with E-state index in [-0.39, 0.29) is 33.9 Å². The van der Waals surface area contributed by atoms with Gasteiger partial charge in [0.05, 0.1) is 15.8 Å². The lowest BCUT2D eigenvalue weighted by Crippen LogP contribution is -2.44. The van der Waals surface area contributed by atoms with Crippen molar-refractivity contribution in [2.45, 2.75) is 18.9 Å². The van der Waals surface area contributed by atoms with Crippen molar-refractivity contribution in [3.05, 3.63) is 43.7 Å². The summed E-state index contributed by atoms with van der Waals surface area (Å²) in [5.41, 5.74) is -1.10. The van der Waals surface area contributed by atoms with Crippen LogP contribution in [0.5, 0.6) is 0 Å². The number of nitrogens with zero attached hydrogens (tertiary/aromatic N) is 4. The summed E-state index contributed by atoms with van der Waals surface area (Å²) in [6, 6.07) is 3.16. The number of carbonyl (C=O) groups is 1. The first-order chi connectivity index (χ1) is 13.4. The number of anilines is 1. The van der Waals surface area contributed by atoms with Crippen molar-refractivity contribution < 1.29 is 14.8 Å². The average Bonchev–Trinajstić information content (AvgIpc) is 3.52. The van der Waals surface area contributed by atoms with E-state index in [1.165, 1.54) is 6.20 Å². The van der Waals surface area contributed by atoms with Crippen molar-refractivity contribution in [3.8, 4) is 6.07 Å². The predicted octanol–water partition coefficient (Wildman–Crippen LogP) is 1.22. The third-order valence-corrected chi connectivity index (χ3v) is 5.18. The number of fused-ring (bicyclic) bond motifs is 1. The Morgan fingerprint density at radius 1 is 1.36 bits per heavy atom. The molecule has 2 heterocycles. The number of carboxylic acid groups (broad SMARTS) is 1. The van der Waals surface area contributed by atoms with E-state index in [1.54, 1.807) is 9.47 Å². The maximum atomic E-state index is 12.7. The van der Waals surface area contributed by atoms with Crippen molar-refractivity contribution in [1.29, 1.82) is 5.26 Å². The molecule has 1 aromatic heterocycles. The topological polar surface area (TPSA) is 142 Å². The standard InChI is InChI=1S/C18H17N5O5/c19-8-12-15-11(17(24)13(18(25)26)9-22(15)10-1-2-10)7-14(23(27)28)16(12)21-5-3-20-4-6-21/h7,9-10,20H,1-6H2,(H,25,26). The minimum Gasteiger partial charge on any atom is -0.477 e. The second-order valence-electron chi connectivity index (χ2n) is 6.94. The Kier molecular flexibility index (Phi) is 4.24. The van der Waals surface area contributed by atoms with Gasteiger partial charge in [0, 0.05) is 44.5 Å². The van der Waals surface area contributed by atoms with Crippen LogP contribution in [-0.2, 0) is 0 Å². The number of hydrogen-bond acceptors (Lipinski definition) is 7. The summed E-state index contributed by atoms with van der Waals surface area (Å²) in [6.45, 7) is 2.21. The van der Waals surface area contributed by atoms with Gasteiger partial charge >= 0.3 is 5.97 Å². The summed E-state index contributed by atoms with van der Waals surface area (Å²) in [7, 11) is 0. The zero-order chi connectivity index (χ0) is 20.0. The van der Waals surface area contributed by atoms with Crippen LogP contribution in [0.25, 0.3) is 10.9 Å². The van der Waals surface area contributed by atoms with Crippen molar-refractivity contribution in [3.63, 3.8) is 0 Å². The molecule has 1 saturated carbocycles. The number of nitriles is 1. The molecule has 0 radical (unpaired) electrons. The van der Waals surface area contributed by atoms with E-state index < -0.39 is 21.9 Å². The maximum absolute atomic E-state index is 12.7. The Labute approximate surface area is 158 Å². The van der Waals surface area contributed by atoms with Crippen LogP contribution in [0.4, 0.5) is 11.4 Å². The third kappa shape index (κ3) is 2.76. The van der Waals surface area contributed by atoms with Crippen LogP contribution >= 0.6 is 0 Å². The van der Waals surface area contributed by atoms with Crippen molar-refractivity contribution >= 4 is 28.2 Å². The highest BCUT2D eigenvalue weighted by Gasteiger charge is 2.33. The molecule has 10 heteroatoms. The van der Waals surface area contributed by atoms with Crippen molar-refractivity contribution in [1.82, 2.24) is 9.88 Å². The largest absolute Gasteiger partial charge is 0.477 e. The molecule has 28 heavy (non-hydrogen) atoms. The Balaban J connectivity index is 2.14. The molecule has 1 aliphatic carbocycles. The molecule has 0 amide bonds. The molecule has 0 spiro atoms. The summed E-state index contributed by atoms with van der Waals surface area (Å²) < 4.78 is 1.63. The molecule has 1 saturated heterocycles. The van der Waals surface area contributed by atoms with E-state index in [4.69, 9.17) is 0 Å². The summed E-state index contributed by atoms with van der Waals surface area (Å²) in [5, 5.41) is 34.1.